The molecular weight excluding hydrogens is 396 g/mol. The second-order valence-electron chi connectivity index (χ2n) is 6.98. The van der Waals surface area contributed by atoms with Gasteiger partial charge in [-0.05, 0) is 55.3 Å². The predicted octanol–water partition coefficient (Wildman–Crippen LogP) is 5.48. The van der Waals surface area contributed by atoms with Gasteiger partial charge in [0.25, 0.3) is 0 Å². The van der Waals surface area contributed by atoms with E-state index in [1.165, 1.54) is 30.6 Å². The summed E-state index contributed by atoms with van der Waals surface area (Å²) in [4.78, 5) is 14.0. The molecule has 1 fully saturated rings. The molecule has 0 bridgehead atoms. The number of ether oxygens (including phenoxy) is 2. The summed E-state index contributed by atoms with van der Waals surface area (Å²) in [6.45, 7) is 1.95. The lowest BCUT2D eigenvalue weighted by atomic mass is 9.97. The number of amides is 2. The van der Waals surface area contributed by atoms with Gasteiger partial charge in [-0.1, -0.05) is 18.9 Å². The van der Waals surface area contributed by atoms with Gasteiger partial charge in [0.05, 0.1) is 26.3 Å². The van der Waals surface area contributed by atoms with Crippen LogP contribution in [0, 0.1) is 5.92 Å². The molecule has 1 heterocycles. The number of nitrogens with one attached hydrogen (secondary N) is 2. The Morgan fingerprint density at radius 3 is 2.50 bits per heavy atom. The number of urea groups is 1. The first kappa shape index (κ1) is 22.4. The fourth-order valence-corrected chi connectivity index (χ4v) is 4.68. The van der Waals surface area contributed by atoms with E-state index in [1.54, 1.807) is 25.6 Å². The summed E-state index contributed by atoms with van der Waals surface area (Å²) < 4.78 is 10.8. The lowest BCUT2D eigenvalue weighted by Crippen LogP contribution is -2.41. The van der Waals surface area contributed by atoms with E-state index >= 15 is 0 Å². The van der Waals surface area contributed by atoms with Crippen LogP contribution in [0.4, 0.5) is 4.79 Å². The first-order valence-corrected chi connectivity index (χ1v) is 10.3. The molecule has 1 aliphatic carbocycles. The molecule has 2 atom stereocenters. The van der Waals surface area contributed by atoms with Crippen LogP contribution in [0.25, 0.3) is 0 Å². The molecule has 1 aromatic heterocycles. The fraction of sp³-hybridized carbons (Fsp3) is 0.476. The zero-order valence-electron chi connectivity index (χ0n) is 16.6. The van der Waals surface area contributed by atoms with Crippen LogP contribution in [-0.4, -0.2) is 20.3 Å². The van der Waals surface area contributed by atoms with Crippen LogP contribution in [0.5, 0.6) is 11.5 Å². The number of carbonyl (C=O) groups is 1. The Morgan fingerprint density at radius 1 is 1.14 bits per heavy atom. The Hall–Kier alpha value is -1.92. The maximum absolute atomic E-state index is 12.8. The zero-order chi connectivity index (χ0) is 19.2. The van der Waals surface area contributed by atoms with Crippen molar-refractivity contribution in [2.75, 3.05) is 14.2 Å². The number of methoxy groups -OCH3 is 2. The molecule has 3 rings (SSSR count). The third-order valence-electron chi connectivity index (χ3n) is 5.26. The maximum Gasteiger partial charge on any atom is 0.315 e. The van der Waals surface area contributed by atoms with Gasteiger partial charge in [-0.3, -0.25) is 0 Å². The number of hydrogen-bond acceptors (Lipinski definition) is 4. The van der Waals surface area contributed by atoms with Gasteiger partial charge >= 0.3 is 6.03 Å². The number of thiophene rings is 1. The summed E-state index contributed by atoms with van der Waals surface area (Å²) in [6, 6.07) is 9.48. The minimum Gasteiger partial charge on any atom is -0.497 e. The monoisotopic (exact) mass is 424 g/mol. The van der Waals surface area contributed by atoms with Crippen molar-refractivity contribution in [3.8, 4) is 11.5 Å². The molecule has 1 aromatic carbocycles. The van der Waals surface area contributed by atoms with Crippen molar-refractivity contribution >= 4 is 29.8 Å². The van der Waals surface area contributed by atoms with Crippen LogP contribution in [-0.2, 0) is 0 Å². The maximum atomic E-state index is 12.8. The average molecular weight is 425 g/mol. The van der Waals surface area contributed by atoms with Crippen molar-refractivity contribution in [1.29, 1.82) is 0 Å². The van der Waals surface area contributed by atoms with E-state index in [0.717, 1.165) is 17.1 Å². The van der Waals surface area contributed by atoms with Crippen LogP contribution in [0.15, 0.2) is 35.7 Å². The van der Waals surface area contributed by atoms with Crippen LogP contribution < -0.4 is 20.1 Å². The molecule has 154 valence electrons. The highest BCUT2D eigenvalue weighted by Gasteiger charge is 2.29. The van der Waals surface area contributed by atoms with Gasteiger partial charge < -0.3 is 20.1 Å². The second-order valence-corrected chi connectivity index (χ2v) is 7.96. The summed E-state index contributed by atoms with van der Waals surface area (Å²) in [5.41, 5.74) is 0.889. The van der Waals surface area contributed by atoms with Crippen molar-refractivity contribution in [2.24, 2.45) is 5.92 Å². The number of hydrogen-bond donors (Lipinski definition) is 2. The highest BCUT2D eigenvalue weighted by molar-refractivity contribution is 7.10. The molecule has 2 N–H and O–H groups in total. The molecule has 2 unspecified atom stereocenters. The van der Waals surface area contributed by atoms with E-state index in [1.807, 2.05) is 31.2 Å². The first-order chi connectivity index (χ1) is 13.1. The van der Waals surface area contributed by atoms with Crippen LogP contribution in [0.2, 0.25) is 0 Å². The van der Waals surface area contributed by atoms with Gasteiger partial charge in [-0.2, -0.15) is 0 Å². The van der Waals surface area contributed by atoms with Gasteiger partial charge in [-0.25, -0.2) is 4.79 Å². The van der Waals surface area contributed by atoms with E-state index in [-0.39, 0.29) is 30.5 Å². The normalized spacial score (nSPS) is 16.0. The standard InChI is InChI=1S/C21H28N2O3S.ClH/c1-14(17-13-16(25-2)10-11-18(17)26-3)22-21(24)23-20(15-7-4-5-8-15)19-9-6-12-27-19;/h6,9-15,20H,4-5,7-8H2,1-3H3,(H2,22,23,24);1H. The van der Waals surface area contributed by atoms with Gasteiger partial charge in [0.2, 0.25) is 0 Å². The average Bonchev–Trinajstić information content (AvgIpc) is 3.39. The quantitative estimate of drug-likeness (QED) is 0.618. The Morgan fingerprint density at radius 2 is 1.89 bits per heavy atom. The van der Waals surface area contributed by atoms with Crippen molar-refractivity contribution in [3.05, 3.63) is 46.2 Å². The molecule has 5 nitrogen and oxygen atoms in total. The van der Waals surface area contributed by atoms with E-state index in [2.05, 4.69) is 22.1 Å². The minimum atomic E-state index is -0.206. The molecule has 2 amide bonds. The highest BCUT2D eigenvalue weighted by Crippen LogP contribution is 2.37. The smallest absolute Gasteiger partial charge is 0.315 e. The fourth-order valence-electron chi connectivity index (χ4n) is 3.82. The summed E-state index contributed by atoms with van der Waals surface area (Å²) in [7, 11) is 3.26. The van der Waals surface area contributed by atoms with Gasteiger partial charge in [0, 0.05) is 10.4 Å². The van der Waals surface area contributed by atoms with Crippen molar-refractivity contribution in [2.45, 2.75) is 44.7 Å². The summed E-state index contributed by atoms with van der Waals surface area (Å²) >= 11 is 1.71. The SMILES string of the molecule is COc1ccc(OC)c(C(C)NC(=O)NC(c2cccs2)C2CCCC2)c1.Cl. The Labute approximate surface area is 177 Å². The second kappa shape index (κ2) is 10.6. The summed E-state index contributed by atoms with van der Waals surface area (Å²) in [6.07, 6.45) is 4.82. The first-order valence-electron chi connectivity index (χ1n) is 9.44. The number of halogens is 1. The van der Waals surface area contributed by atoms with Crippen molar-refractivity contribution in [3.63, 3.8) is 0 Å². The minimum absolute atomic E-state index is 0. The van der Waals surface area contributed by atoms with Gasteiger partial charge in [0.1, 0.15) is 11.5 Å². The van der Waals surface area contributed by atoms with E-state index in [0.29, 0.717) is 5.92 Å². The summed E-state index contributed by atoms with van der Waals surface area (Å²) in [5, 5.41) is 8.34. The molecule has 7 heteroatoms. The van der Waals surface area contributed by atoms with Crippen LogP contribution in [0.3, 0.4) is 0 Å². The Kier molecular flexibility index (Phi) is 8.45. The largest absolute Gasteiger partial charge is 0.497 e. The zero-order valence-corrected chi connectivity index (χ0v) is 18.2. The Balaban J connectivity index is 0.00000280. The molecule has 2 aromatic rings. The molecule has 1 aliphatic rings. The van der Waals surface area contributed by atoms with Gasteiger partial charge in [-0.15, -0.1) is 23.7 Å². The predicted molar refractivity (Wildman–Crippen MR) is 116 cm³/mol. The highest BCUT2D eigenvalue weighted by atomic mass is 35.5. The topological polar surface area (TPSA) is 59.6 Å². The lowest BCUT2D eigenvalue weighted by molar-refractivity contribution is 0.228. The number of rotatable bonds is 7. The van der Waals surface area contributed by atoms with Gasteiger partial charge in [0.15, 0.2) is 0 Å². The third kappa shape index (κ3) is 5.32. The van der Waals surface area contributed by atoms with E-state index in [9.17, 15) is 4.79 Å². The molecule has 0 spiro atoms. The molecule has 0 saturated heterocycles. The third-order valence-corrected chi connectivity index (χ3v) is 6.21. The molecule has 0 radical (unpaired) electrons. The van der Waals surface area contributed by atoms with Crippen molar-refractivity contribution in [1.82, 2.24) is 10.6 Å². The number of carbonyl (C=O) groups excluding carboxylic acids is 1. The molecule has 28 heavy (non-hydrogen) atoms. The van der Waals surface area contributed by atoms with Crippen LogP contribution in [0.1, 0.15) is 55.1 Å². The van der Waals surface area contributed by atoms with E-state index < -0.39 is 0 Å². The van der Waals surface area contributed by atoms with Crippen LogP contribution >= 0.6 is 23.7 Å². The Bertz CT molecular complexity index is 748. The van der Waals surface area contributed by atoms with Crippen molar-refractivity contribution < 1.29 is 14.3 Å². The summed E-state index contributed by atoms with van der Waals surface area (Å²) in [5.74, 6) is 1.98. The molecular formula is C21H29ClN2O3S. The molecule has 1 saturated carbocycles. The number of benzene rings is 1. The lowest BCUT2D eigenvalue weighted by Gasteiger charge is -2.25. The van der Waals surface area contributed by atoms with E-state index in [4.69, 9.17) is 9.47 Å². The molecule has 0 aliphatic heterocycles.